The Hall–Kier alpha value is -2.04. The molecule has 0 unspecified atom stereocenters. The first-order valence-electron chi connectivity index (χ1n) is 5.52. The zero-order valence-corrected chi connectivity index (χ0v) is 10.4. The van der Waals surface area contributed by atoms with Crippen LogP contribution in [0.2, 0.25) is 0 Å². The lowest BCUT2D eigenvalue weighted by atomic mass is 10.2. The summed E-state index contributed by atoms with van der Waals surface area (Å²) in [6.07, 6.45) is 1.91. The van der Waals surface area contributed by atoms with E-state index < -0.39 is 0 Å². The molecular formula is C12H17N5. The molecule has 0 fully saturated rings. The molecule has 0 aliphatic carbocycles. The van der Waals surface area contributed by atoms with Gasteiger partial charge in [-0.3, -0.25) is 4.68 Å². The van der Waals surface area contributed by atoms with Crippen molar-refractivity contribution in [3.8, 4) is 0 Å². The molecule has 0 spiro atoms. The highest BCUT2D eigenvalue weighted by molar-refractivity contribution is 5.69. The number of aryl methyl sites for hydroxylation is 1. The molecule has 90 valence electrons. The molecule has 0 bridgehead atoms. The monoisotopic (exact) mass is 231 g/mol. The summed E-state index contributed by atoms with van der Waals surface area (Å²) in [5.74, 6) is 0. The molecule has 0 aliphatic rings. The Morgan fingerprint density at radius 1 is 1.29 bits per heavy atom. The number of hydrogen-bond donors (Lipinski definition) is 1. The average molecular weight is 231 g/mol. The number of hydrogen-bond acceptors (Lipinski definition) is 4. The predicted octanol–water partition coefficient (Wildman–Crippen LogP) is 1.49. The molecule has 0 saturated heterocycles. The summed E-state index contributed by atoms with van der Waals surface area (Å²) in [5, 5.41) is 11.3. The molecular weight excluding hydrogens is 214 g/mol. The SMILES string of the molecule is CN(C)c1ccccc1NCc1cn(C)nn1. The first-order valence-corrected chi connectivity index (χ1v) is 5.52. The van der Waals surface area contributed by atoms with Crippen molar-refractivity contribution in [1.29, 1.82) is 0 Å². The second-order valence-electron chi connectivity index (χ2n) is 4.15. The van der Waals surface area contributed by atoms with Crippen LogP contribution < -0.4 is 10.2 Å². The van der Waals surface area contributed by atoms with Gasteiger partial charge in [0.1, 0.15) is 5.69 Å². The summed E-state index contributed by atoms with van der Waals surface area (Å²) in [5.41, 5.74) is 3.20. The number of nitrogens with zero attached hydrogens (tertiary/aromatic N) is 4. The molecule has 2 rings (SSSR count). The van der Waals surface area contributed by atoms with Crippen LogP contribution in [0.5, 0.6) is 0 Å². The minimum Gasteiger partial charge on any atom is -0.378 e. The Labute approximate surface area is 101 Å². The van der Waals surface area contributed by atoms with Crippen LogP contribution in [0.3, 0.4) is 0 Å². The van der Waals surface area contributed by atoms with Crippen molar-refractivity contribution >= 4 is 11.4 Å². The van der Waals surface area contributed by atoms with Gasteiger partial charge in [-0.15, -0.1) is 5.10 Å². The summed E-state index contributed by atoms with van der Waals surface area (Å²) in [7, 11) is 5.93. The van der Waals surface area contributed by atoms with Gasteiger partial charge < -0.3 is 10.2 Å². The Morgan fingerprint density at radius 2 is 2.06 bits per heavy atom. The number of aromatic nitrogens is 3. The van der Waals surface area contributed by atoms with Gasteiger partial charge in [0.25, 0.3) is 0 Å². The second-order valence-corrected chi connectivity index (χ2v) is 4.15. The Balaban J connectivity index is 2.08. The Kier molecular flexibility index (Phi) is 3.27. The van der Waals surface area contributed by atoms with Gasteiger partial charge in [-0.25, -0.2) is 0 Å². The standard InChI is InChI=1S/C12H17N5/c1-16(2)12-7-5-4-6-11(12)13-8-10-9-17(3)15-14-10/h4-7,9,13H,8H2,1-3H3. The molecule has 1 aromatic heterocycles. The lowest BCUT2D eigenvalue weighted by molar-refractivity contribution is 0.713. The number of para-hydroxylation sites is 2. The zero-order valence-electron chi connectivity index (χ0n) is 10.4. The molecule has 0 saturated carbocycles. The summed E-state index contributed by atoms with van der Waals surface area (Å²) < 4.78 is 1.70. The minimum atomic E-state index is 0.679. The molecule has 1 aromatic carbocycles. The van der Waals surface area contributed by atoms with Crippen molar-refractivity contribution in [2.75, 3.05) is 24.3 Å². The highest BCUT2D eigenvalue weighted by Gasteiger charge is 2.04. The summed E-state index contributed by atoms with van der Waals surface area (Å²) >= 11 is 0. The molecule has 5 nitrogen and oxygen atoms in total. The van der Waals surface area contributed by atoms with E-state index in [9.17, 15) is 0 Å². The number of benzene rings is 1. The zero-order chi connectivity index (χ0) is 12.3. The van der Waals surface area contributed by atoms with Crippen LogP contribution in [0.15, 0.2) is 30.5 Å². The number of nitrogens with one attached hydrogen (secondary N) is 1. The molecule has 0 aliphatic heterocycles. The van der Waals surface area contributed by atoms with Crippen LogP contribution in [0.25, 0.3) is 0 Å². The largest absolute Gasteiger partial charge is 0.378 e. The third-order valence-electron chi connectivity index (χ3n) is 2.50. The fourth-order valence-corrected chi connectivity index (χ4v) is 1.68. The third-order valence-corrected chi connectivity index (χ3v) is 2.50. The van der Waals surface area contributed by atoms with Crippen LogP contribution in [-0.2, 0) is 13.6 Å². The predicted molar refractivity (Wildman–Crippen MR) is 69.1 cm³/mol. The van der Waals surface area contributed by atoms with E-state index in [1.807, 2.05) is 39.5 Å². The normalized spacial score (nSPS) is 10.3. The van der Waals surface area contributed by atoms with E-state index in [-0.39, 0.29) is 0 Å². The van der Waals surface area contributed by atoms with E-state index >= 15 is 0 Å². The van der Waals surface area contributed by atoms with Crippen molar-refractivity contribution in [2.24, 2.45) is 7.05 Å². The lowest BCUT2D eigenvalue weighted by Gasteiger charge is -2.17. The van der Waals surface area contributed by atoms with Gasteiger partial charge in [-0.2, -0.15) is 0 Å². The smallest absolute Gasteiger partial charge is 0.102 e. The average Bonchev–Trinajstić information content (AvgIpc) is 2.73. The van der Waals surface area contributed by atoms with Gasteiger partial charge in [0, 0.05) is 27.3 Å². The van der Waals surface area contributed by atoms with Crippen LogP contribution in [0.4, 0.5) is 11.4 Å². The summed E-state index contributed by atoms with van der Waals surface area (Å²) in [4.78, 5) is 2.08. The van der Waals surface area contributed by atoms with Crippen LogP contribution in [-0.4, -0.2) is 29.1 Å². The maximum atomic E-state index is 4.04. The molecule has 1 N–H and O–H groups in total. The maximum absolute atomic E-state index is 4.04. The van der Waals surface area contributed by atoms with Crippen LogP contribution in [0, 0.1) is 0 Å². The van der Waals surface area contributed by atoms with E-state index in [4.69, 9.17) is 0 Å². The molecule has 0 amide bonds. The quantitative estimate of drug-likeness (QED) is 0.866. The molecule has 1 heterocycles. The number of rotatable bonds is 4. The van der Waals surface area contributed by atoms with E-state index in [1.54, 1.807) is 4.68 Å². The fourth-order valence-electron chi connectivity index (χ4n) is 1.68. The Morgan fingerprint density at radius 3 is 2.71 bits per heavy atom. The van der Waals surface area contributed by atoms with E-state index in [1.165, 1.54) is 0 Å². The van der Waals surface area contributed by atoms with E-state index in [2.05, 4.69) is 32.7 Å². The van der Waals surface area contributed by atoms with Crippen molar-refractivity contribution in [2.45, 2.75) is 6.54 Å². The van der Waals surface area contributed by atoms with Crippen LogP contribution in [0.1, 0.15) is 5.69 Å². The first-order chi connectivity index (χ1) is 8.16. The number of anilines is 2. The molecule has 2 aromatic rings. The van der Waals surface area contributed by atoms with Gasteiger partial charge in [0.2, 0.25) is 0 Å². The van der Waals surface area contributed by atoms with Gasteiger partial charge in [-0.1, -0.05) is 17.3 Å². The highest BCUT2D eigenvalue weighted by atomic mass is 15.4. The topological polar surface area (TPSA) is 46.0 Å². The van der Waals surface area contributed by atoms with E-state index in [0.717, 1.165) is 17.1 Å². The molecule has 5 heteroatoms. The van der Waals surface area contributed by atoms with Gasteiger partial charge >= 0.3 is 0 Å². The molecule has 0 radical (unpaired) electrons. The first kappa shape index (κ1) is 11.4. The Bertz CT molecular complexity index is 489. The summed E-state index contributed by atoms with van der Waals surface area (Å²) in [6, 6.07) is 8.19. The maximum Gasteiger partial charge on any atom is 0.102 e. The van der Waals surface area contributed by atoms with Gasteiger partial charge in [-0.05, 0) is 12.1 Å². The van der Waals surface area contributed by atoms with Crippen molar-refractivity contribution in [3.05, 3.63) is 36.2 Å². The van der Waals surface area contributed by atoms with Gasteiger partial charge in [0.15, 0.2) is 0 Å². The van der Waals surface area contributed by atoms with Crippen molar-refractivity contribution in [1.82, 2.24) is 15.0 Å². The van der Waals surface area contributed by atoms with Gasteiger partial charge in [0.05, 0.1) is 17.9 Å². The van der Waals surface area contributed by atoms with Crippen molar-refractivity contribution < 1.29 is 0 Å². The van der Waals surface area contributed by atoms with Crippen molar-refractivity contribution in [3.63, 3.8) is 0 Å². The van der Waals surface area contributed by atoms with Crippen LogP contribution >= 0.6 is 0 Å². The lowest BCUT2D eigenvalue weighted by Crippen LogP contribution is -2.12. The third kappa shape index (κ3) is 2.75. The molecule has 0 atom stereocenters. The summed E-state index contributed by atoms with van der Waals surface area (Å²) in [6.45, 7) is 0.679. The fraction of sp³-hybridized carbons (Fsp3) is 0.333. The second kappa shape index (κ2) is 4.86. The highest BCUT2D eigenvalue weighted by Crippen LogP contribution is 2.23. The van der Waals surface area contributed by atoms with E-state index in [0.29, 0.717) is 6.54 Å². The molecule has 17 heavy (non-hydrogen) atoms. The minimum absolute atomic E-state index is 0.679.